The average molecular weight is 557 g/mol. The summed E-state index contributed by atoms with van der Waals surface area (Å²) in [5.74, 6) is 1.09. The lowest BCUT2D eigenvalue weighted by atomic mass is 10.1. The van der Waals surface area contributed by atoms with E-state index >= 15 is 0 Å². The van der Waals surface area contributed by atoms with E-state index in [0.29, 0.717) is 48.1 Å². The number of nitrogens with two attached hydrogens (primary N) is 1. The molecule has 12 heteroatoms. The maximum Gasteiger partial charge on any atom is 0.416 e. The second-order valence-corrected chi connectivity index (χ2v) is 10.6. The molecule has 3 aromatic rings. The Labute approximate surface area is 232 Å². The van der Waals surface area contributed by atoms with Gasteiger partial charge in [0.05, 0.1) is 5.56 Å². The Morgan fingerprint density at radius 3 is 2.48 bits per heavy atom. The molecule has 1 fully saturated rings. The Morgan fingerprint density at radius 2 is 1.82 bits per heavy atom. The lowest BCUT2D eigenvalue weighted by Crippen LogP contribution is -2.28. The molecule has 9 nitrogen and oxygen atoms in total. The number of carbonyl (C=O) groups is 1. The van der Waals surface area contributed by atoms with Gasteiger partial charge in [0, 0.05) is 50.5 Å². The van der Waals surface area contributed by atoms with Gasteiger partial charge in [-0.1, -0.05) is 32.0 Å². The highest BCUT2D eigenvalue weighted by atomic mass is 19.4. The number of nitrogens with zero attached hydrogens (tertiary/aromatic N) is 5. The van der Waals surface area contributed by atoms with Crippen molar-refractivity contribution in [1.29, 1.82) is 0 Å². The number of likely N-dealkylation sites (tertiary alicyclic amines) is 1. The summed E-state index contributed by atoms with van der Waals surface area (Å²) in [5.41, 5.74) is 7.57. The van der Waals surface area contributed by atoms with Crippen molar-refractivity contribution >= 4 is 29.4 Å². The molecule has 1 unspecified atom stereocenters. The number of aryl methyl sites for hydroxylation is 1. The Hall–Kier alpha value is -3.93. The fraction of sp³-hybridized carbons (Fsp3) is 0.429. The summed E-state index contributed by atoms with van der Waals surface area (Å²) < 4.78 is 38.6. The number of nitrogens with one attached hydrogen (secondary N) is 2. The van der Waals surface area contributed by atoms with E-state index in [4.69, 9.17) is 5.73 Å². The summed E-state index contributed by atoms with van der Waals surface area (Å²) in [7, 11) is 1.92. The molecule has 214 valence electrons. The highest BCUT2D eigenvalue weighted by Crippen LogP contribution is 2.29. The maximum absolute atomic E-state index is 12.9. The van der Waals surface area contributed by atoms with Crippen LogP contribution < -0.4 is 21.3 Å². The topological polar surface area (TPSA) is 112 Å². The monoisotopic (exact) mass is 556 g/mol. The summed E-state index contributed by atoms with van der Waals surface area (Å²) in [4.78, 5) is 29.7. The van der Waals surface area contributed by atoms with Gasteiger partial charge in [0.1, 0.15) is 0 Å². The van der Waals surface area contributed by atoms with Crippen LogP contribution in [0.4, 0.5) is 36.7 Å². The van der Waals surface area contributed by atoms with Crippen molar-refractivity contribution in [3.63, 3.8) is 0 Å². The molecule has 40 heavy (non-hydrogen) atoms. The minimum atomic E-state index is -4.34. The van der Waals surface area contributed by atoms with E-state index in [-0.39, 0.29) is 6.04 Å². The van der Waals surface area contributed by atoms with Crippen LogP contribution in [-0.2, 0) is 12.7 Å². The van der Waals surface area contributed by atoms with Gasteiger partial charge in [-0.05, 0) is 54.7 Å². The van der Waals surface area contributed by atoms with Crippen molar-refractivity contribution < 1.29 is 18.0 Å². The molecule has 0 saturated carbocycles. The quantitative estimate of drug-likeness (QED) is 0.326. The molecule has 2 heterocycles. The number of benzene rings is 2. The van der Waals surface area contributed by atoms with Gasteiger partial charge in [-0.3, -0.25) is 9.69 Å². The van der Waals surface area contributed by atoms with Gasteiger partial charge in [0.2, 0.25) is 23.8 Å². The average Bonchev–Trinajstić information content (AvgIpc) is 3.31. The van der Waals surface area contributed by atoms with Crippen LogP contribution in [0.3, 0.4) is 0 Å². The van der Waals surface area contributed by atoms with Gasteiger partial charge in [0.25, 0.3) is 0 Å². The first-order chi connectivity index (χ1) is 18.9. The molecular formula is C28H35F3N8O. The van der Waals surface area contributed by atoms with Crippen LogP contribution in [0.5, 0.6) is 0 Å². The molecule has 1 aliphatic rings. The zero-order valence-electron chi connectivity index (χ0n) is 23.1. The van der Waals surface area contributed by atoms with E-state index in [1.54, 1.807) is 18.2 Å². The number of hydrogen-bond acceptors (Lipinski definition) is 8. The van der Waals surface area contributed by atoms with Crippen LogP contribution in [-0.4, -0.2) is 58.5 Å². The first kappa shape index (κ1) is 29.1. The highest BCUT2D eigenvalue weighted by Gasteiger charge is 2.30. The number of alkyl halides is 3. The summed E-state index contributed by atoms with van der Waals surface area (Å²) in [5, 5.41) is 6.62. The largest absolute Gasteiger partial charge is 0.416 e. The first-order valence-corrected chi connectivity index (χ1v) is 13.2. The lowest BCUT2D eigenvalue weighted by molar-refractivity contribution is -0.137. The van der Waals surface area contributed by atoms with E-state index in [1.165, 1.54) is 12.1 Å². The van der Waals surface area contributed by atoms with Gasteiger partial charge >= 0.3 is 6.18 Å². The predicted molar refractivity (Wildman–Crippen MR) is 150 cm³/mol. The first-order valence-electron chi connectivity index (χ1n) is 13.2. The van der Waals surface area contributed by atoms with Gasteiger partial charge in [0.15, 0.2) is 0 Å². The molecular weight excluding hydrogens is 521 g/mol. The van der Waals surface area contributed by atoms with E-state index in [2.05, 4.69) is 44.3 Å². The van der Waals surface area contributed by atoms with Crippen molar-refractivity contribution in [2.75, 3.05) is 42.2 Å². The van der Waals surface area contributed by atoms with Crippen LogP contribution in [0.25, 0.3) is 0 Å². The van der Waals surface area contributed by atoms with Crippen molar-refractivity contribution in [3.05, 3.63) is 64.7 Å². The van der Waals surface area contributed by atoms with Crippen LogP contribution in [0.15, 0.2) is 42.5 Å². The van der Waals surface area contributed by atoms with Crippen LogP contribution in [0.1, 0.15) is 47.3 Å². The molecule has 1 atom stereocenters. The molecule has 0 spiro atoms. The van der Waals surface area contributed by atoms with Crippen molar-refractivity contribution in [2.45, 2.75) is 46.0 Å². The van der Waals surface area contributed by atoms with Gasteiger partial charge in [-0.25, -0.2) is 0 Å². The van der Waals surface area contributed by atoms with Crippen LogP contribution in [0.2, 0.25) is 0 Å². The Bertz CT molecular complexity index is 1330. The standard InChI is InChI=1S/C28H35F3N8O/c1-17(2)14-38(4)27-36-25(35-26(37-27)34-23-13-20(24(32)40)8-5-18(23)3)33-22-11-12-39(16-22)15-19-6-9-21(10-7-19)28(29,30)31/h5-10,13,17,22H,11-12,14-16H2,1-4H3,(H2,32,40)(H2,33,34,35,36,37). The minimum Gasteiger partial charge on any atom is -0.366 e. The normalized spacial score (nSPS) is 15.8. The third kappa shape index (κ3) is 7.59. The van der Waals surface area contributed by atoms with Crippen molar-refractivity contribution in [1.82, 2.24) is 19.9 Å². The summed E-state index contributed by atoms with van der Waals surface area (Å²) in [6.07, 6.45) is -3.52. The molecule has 2 aromatic carbocycles. The third-order valence-corrected chi connectivity index (χ3v) is 6.67. The molecule has 1 aromatic heterocycles. The van der Waals surface area contributed by atoms with Gasteiger partial charge in [-0.2, -0.15) is 28.1 Å². The predicted octanol–water partition coefficient (Wildman–Crippen LogP) is 4.82. The van der Waals surface area contributed by atoms with E-state index in [1.807, 2.05) is 18.9 Å². The highest BCUT2D eigenvalue weighted by molar-refractivity contribution is 5.94. The number of primary amides is 1. The summed E-state index contributed by atoms with van der Waals surface area (Å²) in [6.45, 7) is 8.89. The zero-order chi connectivity index (χ0) is 29.0. The number of halogens is 3. The fourth-order valence-corrected chi connectivity index (χ4v) is 4.65. The second-order valence-electron chi connectivity index (χ2n) is 10.6. The third-order valence-electron chi connectivity index (χ3n) is 6.67. The molecule has 1 saturated heterocycles. The number of rotatable bonds is 10. The Morgan fingerprint density at radius 1 is 1.12 bits per heavy atom. The summed E-state index contributed by atoms with van der Waals surface area (Å²) in [6, 6.07) is 10.5. The SMILES string of the molecule is Cc1ccc(C(N)=O)cc1Nc1nc(NC2CCN(Cc3ccc(C(F)(F)F)cc3)C2)nc(N(C)CC(C)C)n1. The van der Waals surface area contributed by atoms with Crippen LogP contribution >= 0.6 is 0 Å². The Balaban J connectivity index is 1.49. The van der Waals surface area contributed by atoms with E-state index in [9.17, 15) is 18.0 Å². The Kier molecular flexibility index (Phi) is 8.77. The molecule has 4 rings (SSSR count). The maximum atomic E-state index is 12.9. The van der Waals surface area contributed by atoms with Gasteiger partial charge < -0.3 is 21.3 Å². The smallest absolute Gasteiger partial charge is 0.366 e. The van der Waals surface area contributed by atoms with E-state index < -0.39 is 17.6 Å². The van der Waals surface area contributed by atoms with Gasteiger partial charge in [-0.15, -0.1) is 0 Å². The number of amides is 1. The number of aromatic nitrogens is 3. The molecule has 4 N–H and O–H groups in total. The zero-order valence-corrected chi connectivity index (χ0v) is 23.1. The van der Waals surface area contributed by atoms with Crippen molar-refractivity contribution in [2.24, 2.45) is 11.7 Å². The molecule has 0 bridgehead atoms. The van der Waals surface area contributed by atoms with Crippen molar-refractivity contribution in [3.8, 4) is 0 Å². The van der Waals surface area contributed by atoms with Crippen LogP contribution in [0, 0.1) is 12.8 Å². The minimum absolute atomic E-state index is 0.0490. The molecule has 0 radical (unpaired) electrons. The number of carbonyl (C=O) groups excluding carboxylic acids is 1. The molecule has 1 aliphatic heterocycles. The number of hydrogen-bond donors (Lipinski definition) is 3. The van der Waals surface area contributed by atoms with E-state index in [0.717, 1.165) is 42.8 Å². The summed E-state index contributed by atoms with van der Waals surface area (Å²) >= 11 is 0. The second kappa shape index (κ2) is 12.1. The fourth-order valence-electron chi connectivity index (χ4n) is 4.65. The molecule has 0 aliphatic carbocycles. The number of anilines is 4. The molecule has 1 amide bonds. The lowest BCUT2D eigenvalue weighted by Gasteiger charge is -2.22.